The molecule has 120 valence electrons. The number of carbonyl (C=O) groups excluding carboxylic acids is 1. The van der Waals surface area contributed by atoms with Gasteiger partial charge < -0.3 is 14.1 Å². The summed E-state index contributed by atoms with van der Waals surface area (Å²) in [6, 6.07) is 7.62. The molecule has 1 aliphatic carbocycles. The molecule has 1 aliphatic heterocycles. The van der Waals surface area contributed by atoms with Crippen LogP contribution in [0, 0.1) is 19.8 Å². The summed E-state index contributed by atoms with van der Waals surface area (Å²) in [5.41, 5.74) is 0.673. The van der Waals surface area contributed by atoms with E-state index in [0.717, 1.165) is 25.1 Å². The van der Waals surface area contributed by atoms with Crippen LogP contribution in [0.3, 0.4) is 0 Å². The van der Waals surface area contributed by atoms with Gasteiger partial charge in [0.05, 0.1) is 11.6 Å². The van der Waals surface area contributed by atoms with Crippen molar-refractivity contribution in [3.8, 4) is 5.88 Å². The predicted octanol–water partition coefficient (Wildman–Crippen LogP) is 2.97. The van der Waals surface area contributed by atoms with Crippen LogP contribution in [0.1, 0.15) is 34.7 Å². The van der Waals surface area contributed by atoms with Crippen molar-refractivity contribution in [3.63, 3.8) is 0 Å². The van der Waals surface area contributed by atoms with Crippen LogP contribution in [0.4, 0.5) is 0 Å². The minimum Gasteiger partial charge on any atom is -0.472 e. The standard InChI is InChI=1S/C18H20N2O3/c1-11-9-14(12(2)22-11)18(21)20-10-13-6-7-15(20)17(13)23-16-5-3-4-8-19-16/h3-5,8-9,13,15,17H,6-7,10H2,1-2H3/t13-,15+,17-/m1/s1. The monoisotopic (exact) mass is 312 g/mol. The zero-order chi connectivity index (χ0) is 16.0. The molecule has 1 saturated heterocycles. The number of carbonyl (C=O) groups is 1. The summed E-state index contributed by atoms with van der Waals surface area (Å²) in [5.74, 6) is 2.55. The number of ether oxygens (including phenoxy) is 1. The SMILES string of the molecule is Cc1cc(C(=O)N2C[C@H]3CC[C@H]2[C@@H]3Oc2ccccn2)c(C)o1. The van der Waals surface area contributed by atoms with Crippen molar-refractivity contribution in [3.05, 3.63) is 47.5 Å². The van der Waals surface area contributed by atoms with Gasteiger partial charge in [-0.1, -0.05) is 6.07 Å². The molecule has 0 unspecified atom stereocenters. The summed E-state index contributed by atoms with van der Waals surface area (Å²) in [6.45, 7) is 4.47. The molecule has 2 aromatic heterocycles. The van der Waals surface area contributed by atoms with Gasteiger partial charge in [-0.15, -0.1) is 0 Å². The lowest BCUT2D eigenvalue weighted by molar-refractivity contribution is 0.0662. The molecule has 2 aromatic rings. The molecular weight excluding hydrogens is 292 g/mol. The lowest BCUT2D eigenvalue weighted by atomic mass is 10.1. The van der Waals surface area contributed by atoms with Crippen LogP contribution in [0.25, 0.3) is 0 Å². The fourth-order valence-corrected chi connectivity index (χ4v) is 3.91. The topological polar surface area (TPSA) is 55.6 Å². The van der Waals surface area contributed by atoms with E-state index in [9.17, 15) is 4.79 Å². The molecule has 3 heterocycles. The van der Waals surface area contributed by atoms with Crippen LogP contribution >= 0.6 is 0 Å². The molecule has 2 bridgehead atoms. The molecule has 2 aliphatic rings. The van der Waals surface area contributed by atoms with Gasteiger partial charge >= 0.3 is 0 Å². The molecule has 0 radical (unpaired) electrons. The lowest BCUT2D eigenvalue weighted by Gasteiger charge is -2.27. The van der Waals surface area contributed by atoms with Crippen LogP contribution in [0.5, 0.6) is 5.88 Å². The smallest absolute Gasteiger partial charge is 0.257 e. The predicted molar refractivity (Wildman–Crippen MR) is 84.4 cm³/mol. The maximum atomic E-state index is 12.9. The Balaban J connectivity index is 1.54. The van der Waals surface area contributed by atoms with E-state index in [1.807, 2.05) is 43.0 Å². The number of hydrogen-bond donors (Lipinski definition) is 0. The zero-order valence-corrected chi connectivity index (χ0v) is 13.4. The summed E-state index contributed by atoms with van der Waals surface area (Å²) < 4.78 is 11.6. The second kappa shape index (κ2) is 5.41. The average Bonchev–Trinajstić information content (AvgIpc) is 3.20. The van der Waals surface area contributed by atoms with Gasteiger partial charge in [-0.25, -0.2) is 4.98 Å². The highest BCUT2D eigenvalue weighted by Gasteiger charge is 2.50. The first-order valence-electron chi connectivity index (χ1n) is 8.09. The summed E-state index contributed by atoms with van der Waals surface area (Å²) in [7, 11) is 0. The van der Waals surface area contributed by atoms with Gasteiger partial charge in [0.15, 0.2) is 0 Å². The second-order valence-electron chi connectivity index (χ2n) is 6.44. The Morgan fingerprint density at radius 2 is 2.22 bits per heavy atom. The van der Waals surface area contributed by atoms with E-state index >= 15 is 0 Å². The Kier molecular flexibility index (Phi) is 3.36. The number of piperidine rings is 1. The van der Waals surface area contributed by atoms with Crippen molar-refractivity contribution in [2.75, 3.05) is 6.54 Å². The maximum Gasteiger partial charge on any atom is 0.257 e. The minimum absolute atomic E-state index is 0.0437. The van der Waals surface area contributed by atoms with Crippen molar-refractivity contribution >= 4 is 5.91 Å². The summed E-state index contributed by atoms with van der Waals surface area (Å²) >= 11 is 0. The highest BCUT2D eigenvalue weighted by Crippen LogP contribution is 2.41. The molecule has 0 N–H and O–H groups in total. The van der Waals surface area contributed by atoms with Crippen molar-refractivity contribution in [2.24, 2.45) is 5.92 Å². The van der Waals surface area contributed by atoms with Gasteiger partial charge in [0.2, 0.25) is 5.88 Å². The average molecular weight is 312 g/mol. The Morgan fingerprint density at radius 1 is 1.35 bits per heavy atom. The molecule has 3 atom stereocenters. The number of fused-ring (bicyclic) bond motifs is 2. The molecule has 1 amide bonds. The van der Waals surface area contributed by atoms with Crippen molar-refractivity contribution in [2.45, 2.75) is 38.8 Å². The van der Waals surface area contributed by atoms with Crippen LogP contribution in [-0.4, -0.2) is 34.5 Å². The first-order chi connectivity index (χ1) is 11.1. The molecule has 1 saturated carbocycles. The number of nitrogens with zero attached hydrogens (tertiary/aromatic N) is 2. The number of pyridine rings is 1. The van der Waals surface area contributed by atoms with Crippen LogP contribution < -0.4 is 4.74 Å². The molecule has 2 fully saturated rings. The number of aryl methyl sites for hydroxylation is 2. The highest BCUT2D eigenvalue weighted by atomic mass is 16.5. The Hall–Kier alpha value is -2.30. The van der Waals surface area contributed by atoms with Crippen LogP contribution in [0.2, 0.25) is 0 Å². The van der Waals surface area contributed by atoms with E-state index in [0.29, 0.717) is 23.1 Å². The molecule has 0 spiro atoms. The summed E-state index contributed by atoms with van der Waals surface area (Å²) in [4.78, 5) is 19.1. The van der Waals surface area contributed by atoms with Gasteiger partial charge in [-0.05, 0) is 38.8 Å². The van der Waals surface area contributed by atoms with Gasteiger partial charge in [0, 0.05) is 24.7 Å². The van der Waals surface area contributed by atoms with Crippen molar-refractivity contribution in [1.29, 1.82) is 0 Å². The number of amides is 1. The quantitative estimate of drug-likeness (QED) is 0.874. The molecule has 4 rings (SSSR count). The van der Waals surface area contributed by atoms with Gasteiger partial charge in [0.1, 0.15) is 17.6 Å². The minimum atomic E-state index is 0.0437. The van der Waals surface area contributed by atoms with E-state index in [1.165, 1.54) is 0 Å². The lowest BCUT2D eigenvalue weighted by Crippen LogP contribution is -2.40. The zero-order valence-electron chi connectivity index (χ0n) is 13.4. The number of rotatable bonds is 3. The van der Waals surface area contributed by atoms with Gasteiger partial charge in [0.25, 0.3) is 5.91 Å². The van der Waals surface area contributed by atoms with E-state index in [2.05, 4.69) is 4.98 Å². The molecular formula is C18H20N2O3. The summed E-state index contributed by atoms with van der Waals surface area (Å²) in [6.07, 6.45) is 3.87. The van der Waals surface area contributed by atoms with Crippen LogP contribution in [0.15, 0.2) is 34.9 Å². The Labute approximate surface area is 135 Å². The first kappa shape index (κ1) is 14.3. The van der Waals surface area contributed by atoms with Gasteiger partial charge in [-0.2, -0.15) is 0 Å². The van der Waals surface area contributed by atoms with Crippen LogP contribution in [-0.2, 0) is 0 Å². The third-order valence-electron chi connectivity index (χ3n) is 4.94. The number of aromatic nitrogens is 1. The molecule has 23 heavy (non-hydrogen) atoms. The Morgan fingerprint density at radius 3 is 2.91 bits per heavy atom. The van der Waals surface area contributed by atoms with E-state index in [1.54, 1.807) is 6.20 Å². The number of furan rings is 1. The third-order valence-corrected chi connectivity index (χ3v) is 4.94. The third kappa shape index (κ3) is 2.40. The van der Waals surface area contributed by atoms with Crippen molar-refractivity contribution < 1.29 is 13.9 Å². The fourth-order valence-electron chi connectivity index (χ4n) is 3.91. The first-order valence-corrected chi connectivity index (χ1v) is 8.09. The van der Waals surface area contributed by atoms with E-state index in [4.69, 9.17) is 9.15 Å². The summed E-state index contributed by atoms with van der Waals surface area (Å²) in [5, 5.41) is 0. The maximum absolute atomic E-state index is 12.9. The van der Waals surface area contributed by atoms with E-state index < -0.39 is 0 Å². The number of likely N-dealkylation sites (tertiary alicyclic amines) is 1. The second-order valence-corrected chi connectivity index (χ2v) is 6.44. The number of hydrogen-bond acceptors (Lipinski definition) is 4. The Bertz CT molecular complexity index is 725. The highest BCUT2D eigenvalue weighted by molar-refractivity contribution is 5.95. The molecule has 5 nitrogen and oxygen atoms in total. The molecule has 5 heteroatoms. The molecule has 0 aromatic carbocycles. The normalized spacial score (nSPS) is 25.8. The van der Waals surface area contributed by atoms with Crippen molar-refractivity contribution in [1.82, 2.24) is 9.88 Å². The van der Waals surface area contributed by atoms with Gasteiger partial charge in [-0.3, -0.25) is 4.79 Å². The van der Waals surface area contributed by atoms with E-state index in [-0.39, 0.29) is 18.1 Å². The largest absolute Gasteiger partial charge is 0.472 e. The fraction of sp³-hybridized carbons (Fsp3) is 0.444.